The summed E-state index contributed by atoms with van der Waals surface area (Å²) in [6.07, 6.45) is 12.0. The number of alkyl carbamates (subject to hydrolysis) is 1. The van der Waals surface area contributed by atoms with Crippen LogP contribution in [-0.2, 0) is 4.74 Å². The van der Waals surface area contributed by atoms with Gasteiger partial charge >= 0.3 is 6.09 Å². The third-order valence-electron chi connectivity index (χ3n) is 2.32. The maximum absolute atomic E-state index is 11.2. The summed E-state index contributed by atoms with van der Waals surface area (Å²) < 4.78 is 5.06. The van der Waals surface area contributed by atoms with Gasteiger partial charge in [-0.05, 0) is 32.6 Å². The Morgan fingerprint density at radius 2 is 1.82 bits per heavy atom. The smallest absolute Gasteiger partial charge is 0.407 e. The van der Waals surface area contributed by atoms with E-state index in [2.05, 4.69) is 30.5 Å². The second-order valence-corrected chi connectivity index (χ2v) is 3.93. The number of hydrogen-bond donors (Lipinski definition) is 1. The molecule has 0 aliphatic rings. The number of ether oxygens (including phenoxy) is 1. The third kappa shape index (κ3) is 11.0. The van der Waals surface area contributed by atoms with Gasteiger partial charge in [0.1, 0.15) is 6.10 Å². The number of carbonyl (C=O) groups is 1. The van der Waals surface area contributed by atoms with E-state index < -0.39 is 0 Å². The maximum atomic E-state index is 11.2. The van der Waals surface area contributed by atoms with Crippen LogP contribution in [0.3, 0.4) is 0 Å². The Morgan fingerprint density at radius 3 is 2.41 bits per heavy atom. The zero-order valence-corrected chi connectivity index (χ0v) is 11.2. The summed E-state index contributed by atoms with van der Waals surface area (Å²) in [6, 6.07) is 0. The molecule has 0 saturated carbocycles. The summed E-state index contributed by atoms with van der Waals surface area (Å²) in [4.78, 5) is 11.2. The average Bonchev–Trinajstić information content (AvgIpc) is 2.32. The van der Waals surface area contributed by atoms with E-state index in [0.29, 0.717) is 6.54 Å². The van der Waals surface area contributed by atoms with E-state index in [9.17, 15) is 4.79 Å². The second-order valence-electron chi connectivity index (χ2n) is 3.93. The number of hydrogen-bond acceptors (Lipinski definition) is 2. The molecule has 0 aromatic carbocycles. The summed E-state index contributed by atoms with van der Waals surface area (Å²) in [5.74, 6) is 0. The van der Waals surface area contributed by atoms with Crippen LogP contribution in [0.1, 0.15) is 46.5 Å². The van der Waals surface area contributed by atoms with E-state index >= 15 is 0 Å². The van der Waals surface area contributed by atoms with E-state index in [4.69, 9.17) is 4.74 Å². The first kappa shape index (κ1) is 15.8. The molecule has 3 nitrogen and oxygen atoms in total. The third-order valence-corrected chi connectivity index (χ3v) is 2.32. The number of nitrogens with one attached hydrogen (secondary N) is 1. The lowest BCUT2D eigenvalue weighted by Gasteiger charge is -2.10. The van der Waals surface area contributed by atoms with Crippen LogP contribution in [0.15, 0.2) is 24.3 Å². The summed E-state index contributed by atoms with van der Waals surface area (Å²) in [5, 5.41) is 2.68. The Labute approximate surface area is 105 Å². The normalized spacial score (nSPS) is 13.1. The molecule has 0 fully saturated rings. The highest BCUT2D eigenvalue weighted by atomic mass is 16.6. The van der Waals surface area contributed by atoms with Gasteiger partial charge in [-0.2, -0.15) is 0 Å². The van der Waals surface area contributed by atoms with Crippen molar-refractivity contribution < 1.29 is 9.53 Å². The van der Waals surface area contributed by atoms with Crippen molar-refractivity contribution in [3.05, 3.63) is 24.3 Å². The van der Waals surface area contributed by atoms with Crippen molar-refractivity contribution in [3.63, 3.8) is 0 Å². The molecule has 0 aliphatic carbocycles. The molecule has 17 heavy (non-hydrogen) atoms. The molecule has 0 rings (SSSR count). The zero-order valence-electron chi connectivity index (χ0n) is 11.2. The number of unbranched alkanes of at least 4 members (excludes halogenated alkanes) is 1. The molecule has 1 atom stereocenters. The number of carbonyl (C=O) groups excluding carboxylic acids is 1. The first-order chi connectivity index (χ1) is 8.20. The fraction of sp³-hybridized carbons (Fsp3) is 0.643. The van der Waals surface area contributed by atoms with Crippen LogP contribution in [0, 0.1) is 0 Å². The van der Waals surface area contributed by atoms with Gasteiger partial charge in [-0.25, -0.2) is 4.79 Å². The van der Waals surface area contributed by atoms with Crippen LogP contribution < -0.4 is 5.32 Å². The van der Waals surface area contributed by atoms with Gasteiger partial charge in [0.05, 0.1) is 0 Å². The minimum atomic E-state index is -0.338. The van der Waals surface area contributed by atoms with Gasteiger partial charge in [-0.1, -0.05) is 38.2 Å². The molecule has 1 amide bonds. The molecule has 0 spiro atoms. The Bertz CT molecular complexity index is 247. The van der Waals surface area contributed by atoms with Crippen LogP contribution in [0.5, 0.6) is 0 Å². The summed E-state index contributed by atoms with van der Waals surface area (Å²) in [5.41, 5.74) is 0. The van der Waals surface area contributed by atoms with Gasteiger partial charge in [-0.15, -0.1) is 0 Å². The highest BCUT2D eigenvalue weighted by molar-refractivity contribution is 5.67. The van der Waals surface area contributed by atoms with Crippen LogP contribution in [-0.4, -0.2) is 18.7 Å². The van der Waals surface area contributed by atoms with Crippen molar-refractivity contribution in [3.8, 4) is 0 Å². The minimum Gasteiger partial charge on any atom is -0.447 e. The minimum absolute atomic E-state index is 0.0156. The molecule has 0 aromatic rings. The SMILES string of the molecule is CCC=CCCC=CCNC(=O)OC(C)CC. The van der Waals surface area contributed by atoms with Crippen molar-refractivity contribution in [2.45, 2.75) is 52.6 Å². The Morgan fingerprint density at radius 1 is 1.18 bits per heavy atom. The van der Waals surface area contributed by atoms with Gasteiger partial charge < -0.3 is 10.1 Å². The molecule has 0 heterocycles. The Balaban J connectivity index is 3.46. The van der Waals surface area contributed by atoms with E-state index in [-0.39, 0.29) is 12.2 Å². The van der Waals surface area contributed by atoms with E-state index in [1.54, 1.807) is 0 Å². The highest BCUT2D eigenvalue weighted by Crippen LogP contribution is 1.96. The van der Waals surface area contributed by atoms with Crippen LogP contribution in [0.4, 0.5) is 4.79 Å². The summed E-state index contributed by atoms with van der Waals surface area (Å²) in [7, 11) is 0. The van der Waals surface area contributed by atoms with Crippen LogP contribution >= 0.6 is 0 Å². The maximum Gasteiger partial charge on any atom is 0.407 e. The van der Waals surface area contributed by atoms with Gasteiger partial charge in [0.2, 0.25) is 0 Å². The molecule has 1 N–H and O–H groups in total. The fourth-order valence-corrected chi connectivity index (χ4v) is 1.13. The van der Waals surface area contributed by atoms with Crippen LogP contribution in [0.25, 0.3) is 0 Å². The molecule has 0 saturated heterocycles. The summed E-state index contributed by atoms with van der Waals surface area (Å²) in [6.45, 7) is 6.53. The standard InChI is InChI=1S/C14H25NO2/c1-4-6-7-8-9-10-11-12-15-14(16)17-13(3)5-2/h6-7,10-11,13H,4-5,8-9,12H2,1-3H3,(H,15,16). The van der Waals surface area contributed by atoms with Crippen molar-refractivity contribution in [1.29, 1.82) is 0 Å². The molecule has 1 unspecified atom stereocenters. The van der Waals surface area contributed by atoms with Gasteiger partial charge in [0.15, 0.2) is 0 Å². The second kappa shape index (κ2) is 11.2. The Kier molecular flexibility index (Phi) is 10.4. The van der Waals surface area contributed by atoms with Crippen molar-refractivity contribution in [1.82, 2.24) is 5.32 Å². The lowest BCUT2D eigenvalue weighted by atomic mass is 10.2. The Hall–Kier alpha value is -1.25. The predicted octanol–water partition coefficient (Wildman–Crippen LogP) is 3.81. The molecule has 98 valence electrons. The summed E-state index contributed by atoms with van der Waals surface area (Å²) >= 11 is 0. The van der Waals surface area contributed by atoms with E-state index in [0.717, 1.165) is 25.7 Å². The van der Waals surface area contributed by atoms with Crippen molar-refractivity contribution in [2.75, 3.05) is 6.54 Å². The van der Waals surface area contributed by atoms with E-state index in [1.165, 1.54) is 0 Å². The highest BCUT2D eigenvalue weighted by Gasteiger charge is 2.04. The molecule has 0 bridgehead atoms. The molecular weight excluding hydrogens is 214 g/mol. The van der Waals surface area contributed by atoms with Crippen molar-refractivity contribution in [2.24, 2.45) is 0 Å². The molecular formula is C14H25NO2. The lowest BCUT2D eigenvalue weighted by molar-refractivity contribution is 0.106. The van der Waals surface area contributed by atoms with Gasteiger partial charge in [0.25, 0.3) is 0 Å². The largest absolute Gasteiger partial charge is 0.447 e. The first-order valence-corrected chi connectivity index (χ1v) is 6.45. The zero-order chi connectivity index (χ0) is 12.9. The first-order valence-electron chi connectivity index (χ1n) is 6.45. The van der Waals surface area contributed by atoms with E-state index in [1.807, 2.05) is 19.9 Å². The number of allylic oxidation sites excluding steroid dienone is 3. The van der Waals surface area contributed by atoms with Gasteiger partial charge in [0, 0.05) is 6.54 Å². The average molecular weight is 239 g/mol. The molecule has 0 aromatic heterocycles. The van der Waals surface area contributed by atoms with Crippen LogP contribution in [0.2, 0.25) is 0 Å². The quantitative estimate of drug-likeness (QED) is 0.516. The fourth-order valence-electron chi connectivity index (χ4n) is 1.13. The van der Waals surface area contributed by atoms with Gasteiger partial charge in [-0.3, -0.25) is 0 Å². The monoisotopic (exact) mass is 239 g/mol. The number of rotatable bonds is 8. The topological polar surface area (TPSA) is 38.3 Å². The number of amides is 1. The molecule has 0 aliphatic heterocycles. The molecule has 3 heteroatoms. The predicted molar refractivity (Wildman–Crippen MR) is 72.0 cm³/mol. The lowest BCUT2D eigenvalue weighted by Crippen LogP contribution is -2.27. The van der Waals surface area contributed by atoms with Crippen molar-refractivity contribution >= 4 is 6.09 Å². The molecule has 0 radical (unpaired) electrons.